The Kier molecular flexibility index (Phi) is 5.73. The summed E-state index contributed by atoms with van der Waals surface area (Å²) in [6.45, 7) is 2.97. The smallest absolute Gasteiger partial charge is 0.270 e. The molecule has 3 aromatic carbocycles. The summed E-state index contributed by atoms with van der Waals surface area (Å²) in [5.41, 5.74) is 10.6. The second kappa shape index (κ2) is 8.44. The fraction of sp³-hybridized carbons (Fsp3) is 0.280. The van der Waals surface area contributed by atoms with E-state index in [1.165, 1.54) is 17.7 Å². The number of halogens is 2. The molecule has 1 fully saturated rings. The Labute approximate surface area is 176 Å². The summed E-state index contributed by atoms with van der Waals surface area (Å²) in [4.78, 5) is 2.29. The van der Waals surface area contributed by atoms with E-state index in [1.807, 2.05) is 18.2 Å². The molecule has 3 aromatic rings. The molecular weight excluding hydrogens is 382 g/mol. The Morgan fingerprint density at radius 1 is 1.00 bits per heavy atom. The van der Waals surface area contributed by atoms with Crippen LogP contribution in [0.25, 0.3) is 11.1 Å². The molecule has 1 aliphatic rings. The number of nitrogens with two attached hydrogens (primary N) is 1. The van der Waals surface area contributed by atoms with Crippen molar-refractivity contribution < 1.29 is 13.5 Å². The predicted molar refractivity (Wildman–Crippen MR) is 117 cm³/mol. The van der Waals surface area contributed by atoms with Gasteiger partial charge in [0, 0.05) is 37.7 Å². The van der Waals surface area contributed by atoms with Crippen molar-refractivity contribution in [3.63, 3.8) is 0 Å². The van der Waals surface area contributed by atoms with Gasteiger partial charge < -0.3 is 15.4 Å². The molecule has 1 heterocycles. The van der Waals surface area contributed by atoms with E-state index in [2.05, 4.69) is 35.2 Å². The minimum Gasteiger partial charge on any atom is -0.489 e. The summed E-state index contributed by atoms with van der Waals surface area (Å²) < 4.78 is 32.8. The number of benzene rings is 3. The predicted octanol–water partition coefficient (Wildman–Crippen LogP) is 5.58. The third-order valence-corrected chi connectivity index (χ3v) is 5.56. The molecule has 0 amide bonds. The highest BCUT2D eigenvalue weighted by molar-refractivity contribution is 5.69. The summed E-state index contributed by atoms with van der Waals surface area (Å²) in [6.07, 6.45) is 0.883. The Morgan fingerprint density at radius 3 is 2.40 bits per heavy atom. The Hall–Kier alpha value is -2.92. The summed E-state index contributed by atoms with van der Waals surface area (Å²) >= 11 is 0. The molecule has 156 valence electrons. The standard InChI is InChI=1S/C25H26F2N2O/c1-25(26,27)21-8-10-22(11-9-21)30-23-13-14-29(17-23)24-12-7-19(15-20(24)16-28)18-5-3-2-4-6-18/h2-12,15,23H,13-14,16-17,28H2,1H3/t23-/m0/s1. The molecule has 4 rings (SSSR count). The minimum absolute atomic E-state index is 0.00556. The minimum atomic E-state index is -2.84. The van der Waals surface area contributed by atoms with Crippen LogP contribution in [-0.2, 0) is 12.5 Å². The first-order valence-electron chi connectivity index (χ1n) is 10.2. The maximum Gasteiger partial charge on any atom is 0.270 e. The largest absolute Gasteiger partial charge is 0.489 e. The van der Waals surface area contributed by atoms with Crippen LogP contribution in [0.15, 0.2) is 72.8 Å². The first kappa shape index (κ1) is 20.4. The molecule has 0 aliphatic carbocycles. The molecule has 1 saturated heterocycles. The zero-order valence-corrected chi connectivity index (χ0v) is 17.0. The lowest BCUT2D eigenvalue weighted by molar-refractivity contribution is 0.0174. The number of rotatable bonds is 6. The van der Waals surface area contributed by atoms with Crippen LogP contribution in [0, 0.1) is 0 Å². The van der Waals surface area contributed by atoms with E-state index in [1.54, 1.807) is 12.1 Å². The van der Waals surface area contributed by atoms with Gasteiger partial charge in [0.2, 0.25) is 0 Å². The molecule has 30 heavy (non-hydrogen) atoms. The zero-order chi connectivity index (χ0) is 21.1. The molecule has 0 spiro atoms. The van der Waals surface area contributed by atoms with E-state index >= 15 is 0 Å². The number of hydrogen-bond donors (Lipinski definition) is 1. The van der Waals surface area contributed by atoms with Gasteiger partial charge in [0.05, 0.1) is 6.54 Å². The van der Waals surface area contributed by atoms with Crippen molar-refractivity contribution in [2.45, 2.75) is 31.9 Å². The second-order valence-electron chi connectivity index (χ2n) is 7.80. The topological polar surface area (TPSA) is 38.5 Å². The number of alkyl halides is 2. The van der Waals surface area contributed by atoms with E-state index in [0.717, 1.165) is 43.2 Å². The normalized spacial score (nSPS) is 16.7. The third-order valence-electron chi connectivity index (χ3n) is 5.56. The zero-order valence-electron chi connectivity index (χ0n) is 17.0. The SMILES string of the molecule is CC(F)(F)c1ccc(O[C@H]2CCN(c3ccc(-c4ccccc4)cc3CN)C2)cc1. The lowest BCUT2D eigenvalue weighted by Crippen LogP contribution is -2.25. The van der Waals surface area contributed by atoms with E-state index in [-0.39, 0.29) is 11.7 Å². The fourth-order valence-electron chi connectivity index (χ4n) is 3.93. The van der Waals surface area contributed by atoms with Crippen LogP contribution in [0.3, 0.4) is 0 Å². The summed E-state index contributed by atoms with van der Waals surface area (Å²) in [6, 6.07) is 22.8. The molecule has 3 nitrogen and oxygen atoms in total. The van der Waals surface area contributed by atoms with Gasteiger partial charge in [0.15, 0.2) is 0 Å². The van der Waals surface area contributed by atoms with Crippen molar-refractivity contribution in [2.75, 3.05) is 18.0 Å². The van der Waals surface area contributed by atoms with Crippen LogP contribution in [0.2, 0.25) is 0 Å². The molecule has 0 bridgehead atoms. The summed E-state index contributed by atoms with van der Waals surface area (Å²) in [5, 5.41) is 0. The molecule has 0 aromatic heterocycles. The lowest BCUT2D eigenvalue weighted by atomic mass is 10.0. The molecule has 0 unspecified atom stereocenters. The third kappa shape index (κ3) is 4.46. The molecule has 0 radical (unpaired) electrons. The van der Waals surface area contributed by atoms with Gasteiger partial charge in [-0.1, -0.05) is 36.4 Å². The van der Waals surface area contributed by atoms with Gasteiger partial charge in [-0.3, -0.25) is 0 Å². The van der Waals surface area contributed by atoms with E-state index in [0.29, 0.717) is 12.3 Å². The van der Waals surface area contributed by atoms with Crippen molar-refractivity contribution in [3.05, 3.63) is 83.9 Å². The van der Waals surface area contributed by atoms with E-state index in [9.17, 15) is 8.78 Å². The highest BCUT2D eigenvalue weighted by Crippen LogP contribution is 2.32. The number of nitrogens with zero attached hydrogens (tertiary/aromatic N) is 1. The molecule has 5 heteroatoms. The highest BCUT2D eigenvalue weighted by Gasteiger charge is 2.27. The molecular formula is C25H26F2N2O. The van der Waals surface area contributed by atoms with E-state index in [4.69, 9.17) is 10.5 Å². The van der Waals surface area contributed by atoms with Gasteiger partial charge >= 0.3 is 0 Å². The molecule has 0 saturated carbocycles. The monoisotopic (exact) mass is 408 g/mol. The van der Waals surface area contributed by atoms with Gasteiger partial charge in [0.1, 0.15) is 11.9 Å². The van der Waals surface area contributed by atoms with Crippen molar-refractivity contribution in [2.24, 2.45) is 5.73 Å². The maximum absolute atomic E-state index is 13.4. The number of anilines is 1. The van der Waals surface area contributed by atoms with Crippen molar-refractivity contribution in [3.8, 4) is 16.9 Å². The Balaban J connectivity index is 1.45. The molecule has 1 aliphatic heterocycles. The average molecular weight is 408 g/mol. The Morgan fingerprint density at radius 2 is 1.73 bits per heavy atom. The van der Waals surface area contributed by atoms with Crippen LogP contribution in [0.4, 0.5) is 14.5 Å². The maximum atomic E-state index is 13.4. The number of hydrogen-bond acceptors (Lipinski definition) is 3. The van der Waals surface area contributed by atoms with Crippen LogP contribution < -0.4 is 15.4 Å². The quantitative estimate of drug-likeness (QED) is 0.579. The summed E-state index contributed by atoms with van der Waals surface area (Å²) in [7, 11) is 0. The van der Waals surface area contributed by atoms with Crippen LogP contribution in [-0.4, -0.2) is 19.2 Å². The van der Waals surface area contributed by atoms with Gasteiger partial charge in [-0.25, -0.2) is 8.78 Å². The first-order valence-corrected chi connectivity index (χ1v) is 10.2. The van der Waals surface area contributed by atoms with E-state index < -0.39 is 5.92 Å². The summed E-state index contributed by atoms with van der Waals surface area (Å²) in [5.74, 6) is -2.22. The Bertz CT molecular complexity index is 984. The van der Waals surface area contributed by atoms with Gasteiger partial charge in [0.25, 0.3) is 5.92 Å². The van der Waals surface area contributed by atoms with Crippen molar-refractivity contribution >= 4 is 5.69 Å². The fourth-order valence-corrected chi connectivity index (χ4v) is 3.93. The second-order valence-corrected chi connectivity index (χ2v) is 7.80. The van der Waals surface area contributed by atoms with Gasteiger partial charge in [-0.05, 0) is 53.1 Å². The van der Waals surface area contributed by atoms with Gasteiger partial charge in [-0.15, -0.1) is 0 Å². The highest BCUT2D eigenvalue weighted by atomic mass is 19.3. The van der Waals surface area contributed by atoms with Gasteiger partial charge in [-0.2, -0.15) is 0 Å². The molecule has 1 atom stereocenters. The van der Waals surface area contributed by atoms with Crippen LogP contribution in [0.5, 0.6) is 5.75 Å². The van der Waals surface area contributed by atoms with Crippen LogP contribution >= 0.6 is 0 Å². The first-order chi connectivity index (χ1) is 14.4. The number of ether oxygens (including phenoxy) is 1. The van der Waals surface area contributed by atoms with Crippen LogP contribution in [0.1, 0.15) is 24.5 Å². The van der Waals surface area contributed by atoms with Crippen molar-refractivity contribution in [1.29, 1.82) is 0 Å². The lowest BCUT2D eigenvalue weighted by Gasteiger charge is -2.23. The van der Waals surface area contributed by atoms with Crippen molar-refractivity contribution in [1.82, 2.24) is 0 Å². The molecule has 2 N–H and O–H groups in total. The average Bonchev–Trinajstić information content (AvgIpc) is 3.22.